The van der Waals surface area contributed by atoms with Gasteiger partial charge in [-0.15, -0.1) is 0 Å². The summed E-state index contributed by atoms with van der Waals surface area (Å²) in [6.07, 6.45) is 31.5. The van der Waals surface area contributed by atoms with Gasteiger partial charge in [0.1, 0.15) is 18.8 Å². The zero-order valence-corrected chi connectivity index (χ0v) is 66.6. The average Bonchev–Trinajstić information content (AvgIpc) is 1.66. The van der Waals surface area contributed by atoms with Crippen molar-refractivity contribution in [3.05, 3.63) is 94.2 Å². The van der Waals surface area contributed by atoms with Gasteiger partial charge in [-0.05, 0) is 239 Å². The van der Waals surface area contributed by atoms with Gasteiger partial charge in [-0.1, -0.05) is 165 Å². The van der Waals surface area contributed by atoms with Gasteiger partial charge in [0.15, 0.2) is 33.3 Å². The van der Waals surface area contributed by atoms with E-state index in [2.05, 4.69) is 213 Å². The molecule has 516 valence electrons. The van der Waals surface area contributed by atoms with Gasteiger partial charge in [0.25, 0.3) is 0 Å². The van der Waals surface area contributed by atoms with Gasteiger partial charge in [-0.2, -0.15) is 0 Å². The minimum Gasteiger partial charge on any atom is -0.480 e. The quantitative estimate of drug-likeness (QED) is 0.0717. The fraction of sp³-hybridized carbons (Fsp3) is 0.766. The van der Waals surface area contributed by atoms with E-state index in [-0.39, 0.29) is 92.4 Å². The van der Waals surface area contributed by atoms with Gasteiger partial charge < -0.3 is 37.0 Å². The average molecular weight is 1330 g/mol. The number of hydrogen-bond donors (Lipinski definition) is 1. The molecule has 0 amide bonds. The molecule has 7 aliphatic rings. The Morgan fingerprint density at radius 1 is 0.560 bits per heavy atom. The molecule has 0 radical (unpaired) electrons. The second-order valence-electron chi connectivity index (χ2n) is 35.5. The highest BCUT2D eigenvalue weighted by molar-refractivity contribution is 6.75. The number of carboxylic acid groups (broad SMARTS) is 1. The van der Waals surface area contributed by atoms with E-state index in [1.54, 1.807) is 0 Å². The highest BCUT2D eigenvalue weighted by Gasteiger charge is 2.51. The second kappa shape index (κ2) is 29.3. The maximum atomic E-state index is 12.9. The molecular weight excluding hydrogens is 1200 g/mol. The fourth-order valence-electron chi connectivity index (χ4n) is 14.9. The van der Waals surface area contributed by atoms with E-state index < -0.39 is 39.2 Å². The molecule has 14 heteroatoms. The normalized spacial score (nSPS) is 30.4. The molecule has 0 aromatic carbocycles. The van der Waals surface area contributed by atoms with Crippen LogP contribution in [0.2, 0.25) is 72.5 Å². The third kappa shape index (κ3) is 18.4. The first-order chi connectivity index (χ1) is 41.6. The topological polar surface area (TPSA) is 119 Å². The Hall–Kier alpha value is -2.51. The molecule has 1 unspecified atom stereocenters. The number of ether oxygens (including phenoxy) is 3. The molecule has 0 spiro atoms. The van der Waals surface area contributed by atoms with Gasteiger partial charge in [0, 0.05) is 12.8 Å². The molecule has 0 aliphatic heterocycles. The van der Waals surface area contributed by atoms with E-state index >= 15 is 0 Å². The highest BCUT2D eigenvalue weighted by Crippen LogP contribution is 2.58. The van der Waals surface area contributed by atoms with Crippen LogP contribution in [0, 0.1) is 22.7 Å². The fourth-order valence-corrected chi connectivity index (χ4v) is 20.2. The molecule has 1 N–H and O–H groups in total. The van der Waals surface area contributed by atoms with Crippen molar-refractivity contribution in [3.63, 3.8) is 0 Å². The van der Waals surface area contributed by atoms with Crippen molar-refractivity contribution in [3.8, 4) is 0 Å². The number of allylic oxidation sites excluding steroid dienone is 8. The van der Waals surface area contributed by atoms with Crippen LogP contribution in [0.4, 0.5) is 0 Å². The molecule has 0 heterocycles. The minimum absolute atomic E-state index is 0.00599. The molecule has 7 aliphatic carbocycles. The molecule has 0 aromatic heterocycles. The number of aliphatic carboxylic acids is 1. The molecule has 5 saturated carbocycles. The number of hydrogen-bond acceptors (Lipinski definition) is 9. The molecular formula is C77H132O10Si4. The Kier molecular flexibility index (Phi) is 24.9. The molecule has 10 atom stereocenters. The summed E-state index contributed by atoms with van der Waals surface area (Å²) in [5.41, 5.74) is 10.2. The first-order valence-corrected chi connectivity index (χ1v) is 47.2. The van der Waals surface area contributed by atoms with Crippen molar-refractivity contribution in [2.45, 2.75) is 342 Å². The van der Waals surface area contributed by atoms with E-state index in [0.717, 1.165) is 120 Å². The van der Waals surface area contributed by atoms with Crippen molar-refractivity contribution < 1.29 is 46.6 Å². The Morgan fingerprint density at radius 2 is 0.912 bits per heavy atom. The number of esters is 1. The van der Waals surface area contributed by atoms with Crippen molar-refractivity contribution >= 4 is 45.2 Å². The van der Waals surface area contributed by atoms with Crippen LogP contribution in [0.15, 0.2) is 94.2 Å². The van der Waals surface area contributed by atoms with Crippen LogP contribution in [0.1, 0.15) is 227 Å². The summed E-state index contributed by atoms with van der Waals surface area (Å²) in [5, 5.41) is 9.67. The standard InChI is InChI=1S/C42H72O5Si2.C35H60O5Si2/c1-15-42(25-16-17-26-42)45-38(43)29-44-31(3)35-22-23-36-32(19-18-24-41(35,36)10)20-21-33-27-34(46-48(11,12)39(4,5)6)28-37(30(33)2)47-49(13,14)40(7,8)9;1-24-27(17-16-26-15-14-20-35(9)29(18-19-30(26)35)25(2)38-23-32(36)37)21-28(39-41(10,11)33(3,4)5)22-31(24)40-42(12,13)34(6,7)8/h20-22,31,34,36-37H,2,15-19,23-29H2,1,3-14H3;16-18,25,28,30-31H,1,14-15,19-23H2,2-13H3,(H,36,37)/t31-,34+,36-,37-,41+;25-,28+,30?,31-,35+/m00/s1. The van der Waals surface area contributed by atoms with Crippen molar-refractivity contribution in [2.75, 3.05) is 13.2 Å². The smallest absolute Gasteiger partial charge is 0.332 e. The van der Waals surface area contributed by atoms with Gasteiger partial charge in [-0.3, -0.25) is 0 Å². The lowest BCUT2D eigenvalue weighted by Crippen LogP contribution is -2.49. The maximum absolute atomic E-state index is 12.9. The van der Waals surface area contributed by atoms with E-state index in [0.29, 0.717) is 11.8 Å². The summed E-state index contributed by atoms with van der Waals surface area (Å²) in [5.74, 6) is -0.267. The summed E-state index contributed by atoms with van der Waals surface area (Å²) in [7, 11) is -7.94. The summed E-state index contributed by atoms with van der Waals surface area (Å²) in [6, 6.07) is 0. The van der Waals surface area contributed by atoms with Crippen LogP contribution >= 0.6 is 0 Å². The van der Waals surface area contributed by atoms with Crippen LogP contribution in [-0.2, 0) is 41.5 Å². The number of carbonyl (C=O) groups excluding carboxylic acids is 1. The Balaban J connectivity index is 0.000000293. The van der Waals surface area contributed by atoms with Crippen molar-refractivity contribution in [1.29, 1.82) is 0 Å². The Bertz CT molecular complexity index is 2790. The number of carboxylic acids is 1. The first kappa shape index (κ1) is 77.5. The summed E-state index contributed by atoms with van der Waals surface area (Å²) in [6.45, 7) is 66.6. The monoisotopic (exact) mass is 1330 g/mol. The van der Waals surface area contributed by atoms with E-state index in [1.807, 2.05) is 6.92 Å². The van der Waals surface area contributed by atoms with Crippen LogP contribution in [0.25, 0.3) is 0 Å². The third-order valence-electron chi connectivity index (χ3n) is 25.0. The number of rotatable bonds is 20. The van der Waals surface area contributed by atoms with Crippen molar-refractivity contribution in [2.24, 2.45) is 22.7 Å². The van der Waals surface area contributed by atoms with E-state index in [4.69, 9.17) is 37.0 Å². The molecule has 5 fully saturated rings. The SMILES string of the molecule is C=C1C(=CC=C2CCC[C@]3(C)C([C@H](C)OCC(=O)O)=CCC23)C[C@@H](O[Si](C)(C)C(C)(C)C)C[C@@H]1O[Si](C)(C)C(C)(C)C.C=C1C(=CC=C2CCC[C@]3(C)C([C@H](C)OCC(=O)OC4(CC)CCCC4)=CC[C@@H]23)C[C@@H](O[Si](C)(C)C(C)(C)C)C[C@@H]1O[Si](C)(C)C(C)(C)C. The minimum atomic E-state index is -2.01. The number of fused-ring (bicyclic) bond motifs is 2. The molecule has 0 saturated heterocycles. The highest BCUT2D eigenvalue weighted by atomic mass is 28.4. The van der Waals surface area contributed by atoms with Crippen LogP contribution in [0.3, 0.4) is 0 Å². The zero-order chi connectivity index (χ0) is 68.5. The molecule has 7 rings (SSSR count). The number of carbonyl (C=O) groups is 2. The van der Waals surface area contributed by atoms with Gasteiger partial charge in [-0.25, -0.2) is 9.59 Å². The summed E-state index contributed by atoms with van der Waals surface area (Å²) < 4.78 is 46.2. The van der Waals surface area contributed by atoms with E-state index in [9.17, 15) is 9.59 Å². The van der Waals surface area contributed by atoms with Crippen LogP contribution < -0.4 is 0 Å². The molecule has 91 heavy (non-hydrogen) atoms. The molecule has 0 bridgehead atoms. The van der Waals surface area contributed by atoms with Crippen molar-refractivity contribution in [1.82, 2.24) is 0 Å². The predicted molar refractivity (Wildman–Crippen MR) is 390 cm³/mol. The second-order valence-corrected chi connectivity index (χ2v) is 54.5. The predicted octanol–water partition coefficient (Wildman–Crippen LogP) is 21.4. The van der Waals surface area contributed by atoms with E-state index in [1.165, 1.54) is 33.4 Å². The van der Waals surface area contributed by atoms with Gasteiger partial charge >= 0.3 is 11.9 Å². The zero-order valence-electron chi connectivity index (χ0n) is 62.6. The third-order valence-corrected chi connectivity index (χ3v) is 43.0. The first-order valence-electron chi connectivity index (χ1n) is 35.6. The maximum Gasteiger partial charge on any atom is 0.332 e. The van der Waals surface area contributed by atoms with Crippen LogP contribution in [-0.4, -0.2) is 106 Å². The van der Waals surface area contributed by atoms with Gasteiger partial charge in [0.2, 0.25) is 0 Å². The Labute approximate surface area is 560 Å². The van der Waals surface area contributed by atoms with Crippen LogP contribution in [0.5, 0.6) is 0 Å². The lowest BCUT2D eigenvalue weighted by Gasteiger charge is -2.45. The molecule has 0 aromatic rings. The molecule has 10 nitrogen and oxygen atoms in total. The summed E-state index contributed by atoms with van der Waals surface area (Å²) in [4.78, 5) is 24.0. The lowest BCUT2D eigenvalue weighted by molar-refractivity contribution is -0.166. The largest absolute Gasteiger partial charge is 0.480 e. The van der Waals surface area contributed by atoms with Gasteiger partial charge in [0.05, 0.1) is 36.6 Å². The Morgan fingerprint density at radius 3 is 1.25 bits per heavy atom. The lowest BCUT2D eigenvalue weighted by atomic mass is 9.63. The summed E-state index contributed by atoms with van der Waals surface area (Å²) >= 11 is 0.